The molecule has 0 unspecified atom stereocenters. The van der Waals surface area contributed by atoms with Gasteiger partial charge in [0, 0.05) is 5.33 Å². The lowest BCUT2D eigenvalue weighted by Gasteiger charge is -2.32. The molecule has 103 heavy (non-hydrogen) atoms. The van der Waals surface area contributed by atoms with Gasteiger partial charge in [-0.2, -0.15) is 0 Å². The van der Waals surface area contributed by atoms with Gasteiger partial charge < -0.3 is 57.3 Å². The minimum atomic E-state index is -1.57. The summed E-state index contributed by atoms with van der Waals surface area (Å²) in [6.45, 7) is 30.9. The topological polar surface area (TPSA) is 212 Å². The number of carboxylic acid groups (broad SMARTS) is 1. The van der Waals surface area contributed by atoms with Crippen LogP contribution in [0.5, 0.6) is 0 Å². The zero-order chi connectivity index (χ0) is 76.2. The zero-order valence-corrected chi connectivity index (χ0v) is 62.4. The van der Waals surface area contributed by atoms with E-state index in [1.807, 2.05) is 89.2 Å². The maximum atomic E-state index is 13.3. The molecule has 0 atom stereocenters. The summed E-state index contributed by atoms with van der Waals surface area (Å²) < 4.78 is 104. The number of ether oxygens (including phenoxy) is 3. The fourth-order valence-electron chi connectivity index (χ4n) is 9.94. The molecule has 3 saturated heterocycles. The number of aryl methyl sites for hydroxylation is 4. The third kappa shape index (κ3) is 21.9. The highest BCUT2D eigenvalue weighted by Crippen LogP contribution is 2.39. The van der Waals surface area contributed by atoms with Gasteiger partial charge in [-0.05, 0) is 268 Å². The number of hydrogen-bond donors (Lipinski definition) is 3. The van der Waals surface area contributed by atoms with Gasteiger partial charge >= 0.3 is 52.4 Å². The normalized spacial score (nSPS) is 16.0. The van der Waals surface area contributed by atoms with E-state index in [2.05, 4.69) is 15.9 Å². The molecule has 16 nitrogen and oxygen atoms in total. The highest BCUT2D eigenvalue weighted by molar-refractivity contribution is 9.08. The Hall–Kier alpha value is -8.22. The molecule has 3 heterocycles. The third-order valence-electron chi connectivity index (χ3n) is 18.6. The van der Waals surface area contributed by atoms with Crippen molar-refractivity contribution < 1.29 is 94.0 Å². The summed E-state index contributed by atoms with van der Waals surface area (Å²) in [4.78, 5) is 47.1. The largest absolute Gasteiger partial charge is 0.494 e. The number of carbonyl (C=O) groups is 4. The molecule has 3 N–H and O–H groups in total. The van der Waals surface area contributed by atoms with E-state index in [0.717, 1.165) is 38.4 Å². The number of rotatable bonds is 15. The predicted molar refractivity (Wildman–Crippen MR) is 394 cm³/mol. The Bertz CT molecular complexity index is 4060. The van der Waals surface area contributed by atoms with Crippen molar-refractivity contribution in [2.75, 3.05) is 0 Å². The van der Waals surface area contributed by atoms with Gasteiger partial charge in [0.25, 0.3) is 0 Å². The second-order valence-electron chi connectivity index (χ2n) is 28.1. The van der Waals surface area contributed by atoms with Gasteiger partial charge in [-0.1, -0.05) is 94.8 Å². The van der Waals surface area contributed by atoms with Crippen molar-refractivity contribution in [2.24, 2.45) is 0 Å². The van der Waals surface area contributed by atoms with Crippen molar-refractivity contribution >= 4 is 90.1 Å². The van der Waals surface area contributed by atoms with Crippen molar-refractivity contribution in [3.63, 3.8) is 0 Å². The molecule has 8 aromatic carbocycles. The van der Waals surface area contributed by atoms with E-state index in [4.69, 9.17) is 57.3 Å². The van der Waals surface area contributed by atoms with Crippen LogP contribution < -0.4 is 21.9 Å². The van der Waals surface area contributed by atoms with E-state index in [9.17, 15) is 36.7 Å². The van der Waals surface area contributed by atoms with E-state index in [0.29, 0.717) is 50.0 Å². The zero-order valence-electron chi connectivity index (χ0n) is 60.8. The van der Waals surface area contributed by atoms with Gasteiger partial charge in [0.1, 0.15) is 43.1 Å². The monoisotopic (exact) mass is 1480 g/mol. The number of hydrogen-bond acceptors (Lipinski definition) is 15. The average molecular weight is 1480 g/mol. The Morgan fingerprint density at radius 2 is 0.592 bits per heavy atom. The summed E-state index contributed by atoms with van der Waals surface area (Å²) >= 11 is 3.29. The Morgan fingerprint density at radius 1 is 0.369 bits per heavy atom. The summed E-state index contributed by atoms with van der Waals surface area (Å²) in [7, 11) is -2.96. The lowest BCUT2D eigenvalue weighted by atomic mass is 9.79. The molecular formula is C78H87B4BrF4O16. The molecule has 0 radical (unpaired) electrons. The van der Waals surface area contributed by atoms with Crippen LogP contribution in [-0.4, -0.2) is 101 Å². The molecule has 0 saturated carbocycles. The van der Waals surface area contributed by atoms with Crippen LogP contribution in [0.3, 0.4) is 0 Å². The van der Waals surface area contributed by atoms with E-state index >= 15 is 0 Å². The van der Waals surface area contributed by atoms with Gasteiger partial charge in [0.05, 0.1) is 55.9 Å². The maximum absolute atomic E-state index is 13.3. The summed E-state index contributed by atoms with van der Waals surface area (Å²) in [5.41, 5.74) is 7.38. The second-order valence-corrected chi connectivity index (χ2v) is 28.7. The third-order valence-corrected chi connectivity index (χ3v) is 19.3. The Labute approximate surface area is 610 Å². The van der Waals surface area contributed by atoms with Crippen LogP contribution in [-0.2, 0) is 67.3 Å². The molecule has 542 valence electrons. The Kier molecular flexibility index (Phi) is 27.6. The summed E-state index contributed by atoms with van der Waals surface area (Å²) in [5, 5.41) is 27.6. The van der Waals surface area contributed by atoms with Crippen molar-refractivity contribution in [3.05, 3.63) is 260 Å². The van der Waals surface area contributed by atoms with Crippen LogP contribution in [0, 0.1) is 51.0 Å². The molecule has 0 aromatic heterocycles. The molecule has 0 spiro atoms. The van der Waals surface area contributed by atoms with E-state index in [1.165, 1.54) is 48.5 Å². The van der Waals surface area contributed by atoms with Gasteiger partial charge in [0.15, 0.2) is 0 Å². The first-order valence-corrected chi connectivity index (χ1v) is 34.4. The van der Waals surface area contributed by atoms with Crippen LogP contribution in [0.4, 0.5) is 17.6 Å². The number of esters is 3. The van der Waals surface area contributed by atoms with Crippen LogP contribution in [0.25, 0.3) is 0 Å². The Balaban J connectivity index is 0.000000186. The SMILES string of the molecule is CC1(C)OB(c2ccc(C(=O)O)cc2)OC1(C)C.Cc1cc(CBr)ccc1F.Cc1cc(COC(=O)c2ccc(B(O)O)cc2)ccc1F.Cc1cc(COC(=O)c2ccc(B3OC(C)(C)C(C)(C)O3)cc2)ccc1F.Cc1cc(COC(=O)c2ccc(B3OC(C)(C)C(C)(C)O3)cc2)ccc1F. The molecule has 3 aliphatic heterocycles. The predicted octanol–water partition coefficient (Wildman–Crippen LogP) is 13.5. The molecular weight excluding hydrogens is 1390 g/mol. The first kappa shape index (κ1) is 82.1. The first-order chi connectivity index (χ1) is 48.1. The summed E-state index contributed by atoms with van der Waals surface area (Å²) in [6, 6.07) is 45.3. The molecule has 3 fully saturated rings. The minimum Gasteiger partial charge on any atom is -0.478 e. The fourth-order valence-corrected chi connectivity index (χ4v) is 10.3. The van der Waals surface area contributed by atoms with Gasteiger partial charge in [0.2, 0.25) is 0 Å². The summed E-state index contributed by atoms with van der Waals surface area (Å²) in [5.74, 6) is -3.32. The highest BCUT2D eigenvalue weighted by Gasteiger charge is 2.54. The summed E-state index contributed by atoms with van der Waals surface area (Å²) in [6.07, 6.45) is 0. The van der Waals surface area contributed by atoms with Crippen molar-refractivity contribution in [2.45, 2.75) is 170 Å². The molecule has 11 rings (SSSR count). The van der Waals surface area contributed by atoms with E-state index in [1.54, 1.807) is 143 Å². The number of benzene rings is 8. The quantitative estimate of drug-likeness (QED) is 0.0286. The molecule has 0 amide bonds. The number of carboxylic acids is 1. The molecule has 0 bridgehead atoms. The first-order valence-electron chi connectivity index (χ1n) is 33.3. The van der Waals surface area contributed by atoms with E-state index < -0.39 is 74.8 Å². The maximum Gasteiger partial charge on any atom is 0.494 e. The molecule has 0 aliphatic carbocycles. The number of carbonyl (C=O) groups excluding carboxylic acids is 3. The van der Waals surface area contributed by atoms with Crippen molar-refractivity contribution in [3.8, 4) is 0 Å². The Morgan fingerprint density at radius 3 is 0.816 bits per heavy atom. The van der Waals surface area contributed by atoms with Gasteiger partial charge in [-0.15, -0.1) is 0 Å². The lowest BCUT2D eigenvalue weighted by molar-refractivity contribution is 0.00578. The van der Waals surface area contributed by atoms with Crippen LogP contribution in [0.2, 0.25) is 0 Å². The second kappa shape index (κ2) is 34.6. The van der Waals surface area contributed by atoms with Gasteiger partial charge in [-0.25, -0.2) is 36.7 Å². The number of halogens is 5. The van der Waals surface area contributed by atoms with Crippen LogP contribution in [0.1, 0.15) is 169 Å². The number of alkyl halides is 1. The minimum absolute atomic E-state index is 0.0460. The molecule has 3 aliphatic rings. The van der Waals surface area contributed by atoms with Crippen LogP contribution in [0.15, 0.2) is 170 Å². The van der Waals surface area contributed by atoms with E-state index in [-0.39, 0.29) is 59.9 Å². The molecule has 8 aromatic rings. The smallest absolute Gasteiger partial charge is 0.478 e. The fraction of sp³-hybridized carbons (Fsp3) is 0.333. The average Bonchev–Trinajstić information content (AvgIpc) is 1.64. The lowest BCUT2D eigenvalue weighted by Crippen LogP contribution is -2.41. The van der Waals surface area contributed by atoms with Gasteiger partial charge in [-0.3, -0.25) is 0 Å². The highest BCUT2D eigenvalue weighted by atomic mass is 79.9. The van der Waals surface area contributed by atoms with Crippen molar-refractivity contribution in [1.82, 2.24) is 0 Å². The number of aromatic carboxylic acids is 1. The standard InChI is InChI=1S/2C21H24BFO4.C15H14BFO4.C13H17BO4.C8H8BrF/c2*1-14-12-15(6-11-18(14)23)13-25-19(24)16-7-9-17(10-8-16)22-26-20(2,3)21(4,5)27-22;1-10-8-11(2-7-14(10)17)9-21-15(18)12-3-5-13(6-4-12)16(19)20;1-12(2)13(3,4)18-14(17-12)10-7-5-9(6-8-10)11(15)16;1-6-4-7(5-9)2-3-8(6)10/h2*6-12H,13H2,1-5H3;2-8,19-20H,9H2,1H3;5-8H,1-4H3,(H,15,16);2-4H,5H2,1H3. The molecule has 25 heteroatoms. The van der Waals surface area contributed by atoms with Crippen molar-refractivity contribution in [1.29, 1.82) is 0 Å². The van der Waals surface area contributed by atoms with Crippen LogP contribution >= 0.6 is 15.9 Å².